The lowest BCUT2D eigenvalue weighted by molar-refractivity contribution is 0.542. The minimum absolute atomic E-state index is 0.413. The molecule has 5 nitrogen and oxygen atoms in total. The van der Waals surface area contributed by atoms with Crippen molar-refractivity contribution in [1.82, 2.24) is 20.2 Å². The molecule has 2 aromatic carbocycles. The summed E-state index contributed by atoms with van der Waals surface area (Å²) in [5.41, 5.74) is 4.02. The van der Waals surface area contributed by atoms with E-state index >= 15 is 0 Å². The molecule has 0 aliphatic rings. The number of aryl methyl sites for hydroxylation is 2. The lowest BCUT2D eigenvalue weighted by Crippen LogP contribution is -2.31. The van der Waals surface area contributed by atoms with Crippen LogP contribution in [0.3, 0.4) is 0 Å². The van der Waals surface area contributed by atoms with Crippen LogP contribution in [0.4, 0.5) is 5.69 Å². The van der Waals surface area contributed by atoms with E-state index in [-0.39, 0.29) is 0 Å². The second-order valence-corrected chi connectivity index (χ2v) is 6.37. The quantitative estimate of drug-likeness (QED) is 0.799. The zero-order chi connectivity index (χ0) is 16.4. The van der Waals surface area contributed by atoms with Gasteiger partial charge in [-0.3, -0.25) is 0 Å². The van der Waals surface area contributed by atoms with E-state index in [0.29, 0.717) is 0 Å². The molecule has 0 atom stereocenters. The average molecular weight is 307 g/mol. The van der Waals surface area contributed by atoms with Gasteiger partial charge in [0, 0.05) is 5.69 Å². The van der Waals surface area contributed by atoms with E-state index in [2.05, 4.69) is 84.9 Å². The van der Waals surface area contributed by atoms with Gasteiger partial charge in [0.25, 0.3) is 0 Å². The highest BCUT2D eigenvalue weighted by molar-refractivity contribution is 5.47. The number of nitrogens with one attached hydrogen (secondary N) is 1. The highest BCUT2D eigenvalue weighted by Crippen LogP contribution is 2.25. The second-order valence-electron chi connectivity index (χ2n) is 6.37. The molecule has 3 aromatic rings. The van der Waals surface area contributed by atoms with Gasteiger partial charge >= 0.3 is 0 Å². The Bertz CT molecular complexity index is 785. The number of hydrogen-bond acceptors (Lipinski definition) is 4. The molecular formula is C18H21N5. The van der Waals surface area contributed by atoms with Crippen molar-refractivity contribution in [3.05, 3.63) is 65.5 Å². The first-order valence-electron chi connectivity index (χ1n) is 7.66. The molecule has 5 heteroatoms. The van der Waals surface area contributed by atoms with Crippen molar-refractivity contribution < 1.29 is 0 Å². The van der Waals surface area contributed by atoms with E-state index in [9.17, 15) is 0 Å². The molecule has 0 amide bonds. The standard InChI is InChI=1S/C18H21N5/c1-13-5-9-15(10-6-13)19-18(3,4)17-20-21-22-23(17)16-11-7-14(2)8-12-16/h5-12,19H,1-4H3. The van der Waals surface area contributed by atoms with E-state index in [1.165, 1.54) is 11.1 Å². The highest BCUT2D eigenvalue weighted by Gasteiger charge is 2.28. The zero-order valence-electron chi connectivity index (χ0n) is 13.9. The number of nitrogens with zero attached hydrogens (tertiary/aromatic N) is 4. The van der Waals surface area contributed by atoms with Crippen LogP contribution >= 0.6 is 0 Å². The first-order valence-corrected chi connectivity index (χ1v) is 7.66. The summed E-state index contributed by atoms with van der Waals surface area (Å²) in [4.78, 5) is 0. The summed E-state index contributed by atoms with van der Waals surface area (Å²) in [6.45, 7) is 8.28. The van der Waals surface area contributed by atoms with Gasteiger partial charge in [0.05, 0.1) is 11.2 Å². The van der Waals surface area contributed by atoms with Crippen molar-refractivity contribution in [1.29, 1.82) is 0 Å². The van der Waals surface area contributed by atoms with Crippen molar-refractivity contribution in [3.8, 4) is 5.69 Å². The van der Waals surface area contributed by atoms with Crippen LogP contribution in [-0.4, -0.2) is 20.2 Å². The number of hydrogen-bond donors (Lipinski definition) is 1. The number of benzene rings is 2. The second kappa shape index (κ2) is 5.83. The molecule has 0 fully saturated rings. The van der Waals surface area contributed by atoms with E-state index in [4.69, 9.17) is 0 Å². The fourth-order valence-electron chi connectivity index (χ4n) is 2.49. The van der Waals surface area contributed by atoms with Crippen LogP contribution < -0.4 is 5.32 Å². The number of aromatic nitrogens is 4. The monoisotopic (exact) mass is 307 g/mol. The summed E-state index contributed by atoms with van der Waals surface area (Å²) in [6, 6.07) is 16.5. The fraction of sp³-hybridized carbons (Fsp3) is 0.278. The molecule has 0 aliphatic heterocycles. The van der Waals surface area contributed by atoms with Crippen LogP contribution in [0.5, 0.6) is 0 Å². The molecular weight excluding hydrogens is 286 g/mol. The van der Waals surface area contributed by atoms with Crippen molar-refractivity contribution in [2.75, 3.05) is 5.32 Å². The number of tetrazole rings is 1. The first kappa shape index (κ1) is 15.2. The molecule has 0 aliphatic carbocycles. The van der Waals surface area contributed by atoms with Crippen molar-refractivity contribution in [3.63, 3.8) is 0 Å². The largest absolute Gasteiger partial charge is 0.373 e. The smallest absolute Gasteiger partial charge is 0.181 e. The van der Waals surface area contributed by atoms with Crippen molar-refractivity contribution in [2.24, 2.45) is 0 Å². The highest BCUT2D eigenvalue weighted by atomic mass is 15.6. The molecule has 0 spiro atoms. The summed E-state index contributed by atoms with van der Waals surface area (Å²) >= 11 is 0. The minimum atomic E-state index is -0.413. The van der Waals surface area contributed by atoms with Gasteiger partial charge in [-0.15, -0.1) is 5.10 Å². The maximum Gasteiger partial charge on any atom is 0.181 e. The van der Waals surface area contributed by atoms with Gasteiger partial charge in [-0.1, -0.05) is 35.4 Å². The van der Waals surface area contributed by atoms with Crippen LogP contribution in [0.2, 0.25) is 0 Å². The van der Waals surface area contributed by atoms with Gasteiger partial charge < -0.3 is 5.32 Å². The molecule has 0 radical (unpaired) electrons. The lowest BCUT2D eigenvalue weighted by Gasteiger charge is -2.26. The van der Waals surface area contributed by atoms with Crippen LogP contribution in [0, 0.1) is 13.8 Å². The summed E-state index contributed by atoms with van der Waals surface area (Å²) in [5, 5.41) is 15.8. The Morgan fingerprint density at radius 2 is 1.43 bits per heavy atom. The van der Waals surface area contributed by atoms with Gasteiger partial charge in [0.1, 0.15) is 0 Å². The summed E-state index contributed by atoms with van der Waals surface area (Å²) in [5.74, 6) is 0.766. The van der Waals surface area contributed by atoms with E-state index in [1.54, 1.807) is 4.68 Å². The Hall–Kier alpha value is -2.69. The molecule has 118 valence electrons. The lowest BCUT2D eigenvalue weighted by atomic mass is 10.0. The number of anilines is 1. The van der Waals surface area contributed by atoms with Crippen LogP contribution in [0.1, 0.15) is 30.8 Å². The zero-order valence-corrected chi connectivity index (χ0v) is 13.9. The Kier molecular flexibility index (Phi) is 3.86. The molecule has 1 N–H and O–H groups in total. The molecule has 0 unspecified atom stereocenters. The molecule has 0 saturated heterocycles. The van der Waals surface area contributed by atoms with Gasteiger partial charge in [0.2, 0.25) is 0 Å². The fourth-order valence-corrected chi connectivity index (χ4v) is 2.49. The first-order chi connectivity index (χ1) is 11.0. The molecule has 23 heavy (non-hydrogen) atoms. The molecule has 1 heterocycles. The van der Waals surface area contributed by atoms with Crippen LogP contribution in [0.15, 0.2) is 48.5 Å². The van der Waals surface area contributed by atoms with Gasteiger partial charge in [-0.25, -0.2) is 0 Å². The van der Waals surface area contributed by atoms with Crippen molar-refractivity contribution in [2.45, 2.75) is 33.2 Å². The predicted molar refractivity (Wildman–Crippen MR) is 91.7 cm³/mol. The van der Waals surface area contributed by atoms with E-state index in [0.717, 1.165) is 17.2 Å². The maximum absolute atomic E-state index is 4.24. The summed E-state index contributed by atoms with van der Waals surface area (Å²) in [6.07, 6.45) is 0. The third kappa shape index (κ3) is 3.23. The van der Waals surface area contributed by atoms with Crippen LogP contribution in [0.25, 0.3) is 5.69 Å². The van der Waals surface area contributed by atoms with Gasteiger partial charge in [-0.05, 0) is 62.4 Å². The van der Waals surface area contributed by atoms with E-state index < -0.39 is 5.54 Å². The third-order valence-electron chi connectivity index (χ3n) is 3.82. The normalized spacial score (nSPS) is 11.5. The predicted octanol–water partition coefficient (Wildman–Crippen LogP) is 3.63. The van der Waals surface area contributed by atoms with Gasteiger partial charge in [-0.2, -0.15) is 4.68 Å². The number of rotatable bonds is 4. The summed E-state index contributed by atoms with van der Waals surface area (Å²) < 4.78 is 1.78. The Balaban J connectivity index is 1.93. The molecule has 0 bridgehead atoms. The minimum Gasteiger partial charge on any atom is -0.373 e. The molecule has 3 rings (SSSR count). The van der Waals surface area contributed by atoms with Gasteiger partial charge in [0.15, 0.2) is 5.82 Å². The van der Waals surface area contributed by atoms with E-state index in [1.807, 2.05) is 12.1 Å². The topological polar surface area (TPSA) is 55.6 Å². The third-order valence-corrected chi connectivity index (χ3v) is 3.82. The van der Waals surface area contributed by atoms with Crippen molar-refractivity contribution >= 4 is 5.69 Å². The average Bonchev–Trinajstić information content (AvgIpc) is 3.01. The summed E-state index contributed by atoms with van der Waals surface area (Å²) in [7, 11) is 0. The van der Waals surface area contributed by atoms with Crippen LogP contribution in [-0.2, 0) is 5.54 Å². The molecule has 1 aromatic heterocycles. The molecule has 0 saturated carbocycles. The Morgan fingerprint density at radius 3 is 2.04 bits per heavy atom. The SMILES string of the molecule is Cc1ccc(NC(C)(C)c2nnnn2-c2ccc(C)cc2)cc1. The maximum atomic E-state index is 4.24. The Labute approximate surface area is 136 Å². The Morgan fingerprint density at radius 1 is 0.870 bits per heavy atom.